The fourth-order valence-corrected chi connectivity index (χ4v) is 2.37. The van der Waals surface area contributed by atoms with Gasteiger partial charge in [-0.15, -0.1) is 0 Å². The Bertz CT molecular complexity index is 501. The predicted octanol–water partition coefficient (Wildman–Crippen LogP) is 3.58. The molecule has 0 bridgehead atoms. The van der Waals surface area contributed by atoms with Crippen LogP contribution in [0.4, 0.5) is 0 Å². The Morgan fingerprint density at radius 1 is 1.28 bits per heavy atom. The van der Waals surface area contributed by atoms with Crippen molar-refractivity contribution < 1.29 is 10.2 Å². The van der Waals surface area contributed by atoms with Crippen LogP contribution >= 0.6 is 23.2 Å². The molecule has 0 radical (unpaired) electrons. The van der Waals surface area contributed by atoms with E-state index in [-0.39, 0.29) is 23.0 Å². The number of nitrogens with one attached hydrogen (secondary N) is 1. The van der Waals surface area contributed by atoms with Crippen molar-refractivity contribution in [1.82, 2.24) is 0 Å². The van der Waals surface area contributed by atoms with E-state index in [1.165, 1.54) is 0 Å². The molecule has 0 saturated heterocycles. The third-order valence-corrected chi connectivity index (χ3v) is 3.58. The minimum atomic E-state index is -0.400. The van der Waals surface area contributed by atoms with Crippen LogP contribution in [0.5, 0.6) is 0 Å². The lowest BCUT2D eigenvalue weighted by Gasteiger charge is -2.12. The average Bonchev–Trinajstić information content (AvgIpc) is 3.13. The number of rotatable bonds is 4. The van der Waals surface area contributed by atoms with Gasteiger partial charge in [0.25, 0.3) is 0 Å². The molecule has 1 aromatic carbocycles. The van der Waals surface area contributed by atoms with E-state index in [4.69, 9.17) is 28.6 Å². The summed E-state index contributed by atoms with van der Waals surface area (Å²) in [4.78, 5) is 0. The van der Waals surface area contributed by atoms with Crippen LogP contribution in [0.15, 0.2) is 29.5 Å². The summed E-state index contributed by atoms with van der Waals surface area (Å²) in [6.45, 7) is -0.400. The summed E-state index contributed by atoms with van der Waals surface area (Å²) in [7, 11) is 0. The highest BCUT2D eigenvalue weighted by Gasteiger charge is 2.30. The molecule has 3 N–H and O–H groups in total. The van der Waals surface area contributed by atoms with Crippen molar-refractivity contribution in [3.63, 3.8) is 0 Å². The van der Waals surface area contributed by atoms with Crippen molar-refractivity contribution in [3.8, 4) is 0 Å². The van der Waals surface area contributed by atoms with Crippen molar-refractivity contribution in [3.05, 3.63) is 45.1 Å². The van der Waals surface area contributed by atoms with Crippen LogP contribution in [0.25, 0.3) is 0 Å². The third-order valence-electron chi connectivity index (χ3n) is 2.95. The first-order valence-electron chi connectivity index (χ1n) is 5.62. The van der Waals surface area contributed by atoms with Crippen LogP contribution in [0, 0.1) is 11.3 Å². The van der Waals surface area contributed by atoms with Gasteiger partial charge < -0.3 is 10.2 Å². The minimum absolute atomic E-state index is 0.0162. The maximum absolute atomic E-state index is 9.95. The van der Waals surface area contributed by atoms with E-state index < -0.39 is 6.61 Å². The molecule has 0 aromatic heterocycles. The molecular weight excluding hydrogens is 273 g/mol. The zero-order chi connectivity index (χ0) is 13.3. The molecule has 0 unspecified atom stereocenters. The second-order valence-electron chi connectivity index (χ2n) is 4.27. The maximum Gasteiger partial charge on any atom is 0.103 e. The van der Waals surface area contributed by atoms with E-state index in [9.17, 15) is 10.2 Å². The summed E-state index contributed by atoms with van der Waals surface area (Å²) in [5.41, 5.74) is 0.530. The standard InChI is InChI=1S/C13H13Cl2NO2/c14-9-2-1-3-10(15)11(9)12(16)8(6-17)13(18)7-4-5-7/h1-3,7,16-18H,4-6H2/b13-8-,16-12?. The van der Waals surface area contributed by atoms with Crippen molar-refractivity contribution in [2.24, 2.45) is 5.92 Å². The Kier molecular flexibility index (Phi) is 3.95. The molecule has 1 aliphatic rings. The van der Waals surface area contributed by atoms with Gasteiger partial charge in [0.05, 0.1) is 22.4 Å². The molecule has 5 heteroatoms. The number of hydrogen-bond acceptors (Lipinski definition) is 3. The number of aliphatic hydroxyl groups is 2. The zero-order valence-corrected chi connectivity index (χ0v) is 11.1. The average molecular weight is 286 g/mol. The monoisotopic (exact) mass is 285 g/mol. The summed E-state index contributed by atoms with van der Waals surface area (Å²) in [5, 5.41) is 28.0. The lowest BCUT2D eigenvalue weighted by Crippen LogP contribution is -2.12. The van der Waals surface area contributed by atoms with Crippen molar-refractivity contribution in [1.29, 1.82) is 5.41 Å². The first kappa shape index (κ1) is 13.4. The molecule has 3 nitrogen and oxygen atoms in total. The van der Waals surface area contributed by atoms with E-state index in [2.05, 4.69) is 0 Å². The summed E-state index contributed by atoms with van der Waals surface area (Å²) in [6, 6.07) is 4.94. The smallest absolute Gasteiger partial charge is 0.103 e. The van der Waals surface area contributed by atoms with Crippen LogP contribution in [-0.2, 0) is 0 Å². The lowest BCUT2D eigenvalue weighted by molar-refractivity contribution is 0.314. The Hall–Kier alpha value is -1.03. The van der Waals surface area contributed by atoms with Crippen LogP contribution in [0.2, 0.25) is 10.0 Å². The van der Waals surface area contributed by atoms with E-state index >= 15 is 0 Å². The Balaban J connectivity index is 2.44. The topological polar surface area (TPSA) is 64.3 Å². The zero-order valence-electron chi connectivity index (χ0n) is 9.58. The van der Waals surface area contributed by atoms with Gasteiger partial charge in [-0.3, -0.25) is 5.41 Å². The SMILES string of the molecule is N=C(/C(CO)=C(\O)C1CC1)c1c(Cl)cccc1Cl. The highest BCUT2D eigenvalue weighted by Crippen LogP contribution is 2.37. The molecule has 1 saturated carbocycles. The van der Waals surface area contributed by atoms with E-state index in [1.54, 1.807) is 18.2 Å². The van der Waals surface area contributed by atoms with Gasteiger partial charge in [0.2, 0.25) is 0 Å². The van der Waals surface area contributed by atoms with Gasteiger partial charge in [-0.05, 0) is 25.0 Å². The molecule has 2 rings (SSSR count). The second-order valence-corrected chi connectivity index (χ2v) is 5.08. The van der Waals surface area contributed by atoms with E-state index in [0.29, 0.717) is 15.6 Å². The number of allylic oxidation sites excluding steroid dienone is 1. The molecule has 0 heterocycles. The fourth-order valence-electron chi connectivity index (χ4n) is 1.78. The summed E-state index contributed by atoms with van der Waals surface area (Å²) < 4.78 is 0. The van der Waals surface area contributed by atoms with Crippen molar-refractivity contribution in [2.45, 2.75) is 12.8 Å². The van der Waals surface area contributed by atoms with E-state index in [1.807, 2.05) is 0 Å². The molecule has 1 aliphatic carbocycles. The molecule has 0 atom stereocenters. The van der Waals surface area contributed by atoms with E-state index in [0.717, 1.165) is 12.8 Å². The molecule has 0 spiro atoms. The summed E-state index contributed by atoms with van der Waals surface area (Å²) >= 11 is 12.0. The van der Waals surface area contributed by atoms with Crippen molar-refractivity contribution in [2.75, 3.05) is 6.61 Å². The Morgan fingerprint density at radius 2 is 1.83 bits per heavy atom. The van der Waals surface area contributed by atoms with Gasteiger partial charge in [-0.1, -0.05) is 29.3 Å². The van der Waals surface area contributed by atoms with Gasteiger partial charge in [0.1, 0.15) is 5.76 Å². The maximum atomic E-state index is 9.95. The van der Waals surface area contributed by atoms with Crippen molar-refractivity contribution >= 4 is 28.9 Å². The van der Waals surface area contributed by atoms with Crippen LogP contribution in [-0.4, -0.2) is 22.5 Å². The number of aliphatic hydroxyl groups excluding tert-OH is 2. The van der Waals surface area contributed by atoms with Gasteiger partial charge >= 0.3 is 0 Å². The quantitative estimate of drug-likeness (QED) is 0.585. The number of benzene rings is 1. The Morgan fingerprint density at radius 3 is 2.28 bits per heavy atom. The molecule has 1 aromatic rings. The number of hydrogen-bond donors (Lipinski definition) is 3. The van der Waals surface area contributed by atoms with Gasteiger partial charge in [0, 0.05) is 17.1 Å². The van der Waals surface area contributed by atoms with Crippen LogP contribution < -0.4 is 0 Å². The first-order chi connectivity index (χ1) is 8.56. The molecule has 0 aliphatic heterocycles. The van der Waals surface area contributed by atoms with Gasteiger partial charge in [-0.25, -0.2) is 0 Å². The predicted molar refractivity (Wildman–Crippen MR) is 72.8 cm³/mol. The summed E-state index contributed by atoms with van der Waals surface area (Å²) in [5.74, 6) is 0.146. The van der Waals surface area contributed by atoms with Gasteiger partial charge in [-0.2, -0.15) is 0 Å². The largest absolute Gasteiger partial charge is 0.512 e. The first-order valence-corrected chi connectivity index (χ1v) is 6.38. The summed E-state index contributed by atoms with van der Waals surface area (Å²) in [6.07, 6.45) is 1.78. The lowest BCUT2D eigenvalue weighted by atomic mass is 10.0. The normalized spacial score (nSPS) is 16.4. The molecule has 96 valence electrons. The molecule has 0 amide bonds. The van der Waals surface area contributed by atoms with Gasteiger partial charge in [0.15, 0.2) is 0 Å². The second kappa shape index (κ2) is 5.31. The highest BCUT2D eigenvalue weighted by atomic mass is 35.5. The number of halogens is 2. The third kappa shape index (κ3) is 2.53. The van der Waals surface area contributed by atoms with Crippen LogP contribution in [0.3, 0.4) is 0 Å². The minimum Gasteiger partial charge on any atom is -0.512 e. The Labute approximate surface area is 115 Å². The molecular formula is C13H13Cl2NO2. The molecule has 18 heavy (non-hydrogen) atoms. The highest BCUT2D eigenvalue weighted by molar-refractivity contribution is 6.41. The van der Waals surface area contributed by atoms with Crippen LogP contribution in [0.1, 0.15) is 18.4 Å². The fraction of sp³-hybridized carbons (Fsp3) is 0.308. The molecule has 1 fully saturated rings.